The highest BCUT2D eigenvalue weighted by molar-refractivity contribution is 6.37. The molecule has 0 spiro atoms. The van der Waals surface area contributed by atoms with Gasteiger partial charge in [0, 0.05) is 30.5 Å². The lowest BCUT2D eigenvalue weighted by Gasteiger charge is -2.19. The second kappa shape index (κ2) is 6.56. The van der Waals surface area contributed by atoms with Crippen molar-refractivity contribution in [2.75, 3.05) is 18.0 Å². The van der Waals surface area contributed by atoms with E-state index in [9.17, 15) is 0 Å². The van der Waals surface area contributed by atoms with Crippen molar-refractivity contribution < 1.29 is 4.52 Å². The SMILES string of the molecule is Cc1cc(N2CC[C@@H](N)C2)c2onc(-n3c(C)ccc3C)c2c1Cl.Cl. The smallest absolute Gasteiger partial charge is 0.193 e. The maximum atomic E-state index is 6.64. The van der Waals surface area contributed by atoms with Crippen LogP contribution in [0.3, 0.4) is 0 Å². The molecule has 1 aromatic carbocycles. The normalized spacial score (nSPS) is 17.3. The molecular formula is C18H22Cl2N4O. The lowest BCUT2D eigenvalue weighted by atomic mass is 10.1. The van der Waals surface area contributed by atoms with Crippen molar-refractivity contribution >= 4 is 40.7 Å². The number of fused-ring (bicyclic) bond motifs is 1. The van der Waals surface area contributed by atoms with Gasteiger partial charge in [-0.15, -0.1) is 12.4 Å². The Bertz CT molecular complexity index is 911. The number of halogens is 2. The van der Waals surface area contributed by atoms with Gasteiger partial charge in [-0.2, -0.15) is 0 Å². The van der Waals surface area contributed by atoms with Gasteiger partial charge >= 0.3 is 0 Å². The zero-order valence-corrected chi connectivity index (χ0v) is 16.1. The second-order valence-electron chi connectivity index (χ2n) is 6.68. The van der Waals surface area contributed by atoms with Crippen molar-refractivity contribution in [3.63, 3.8) is 0 Å². The molecule has 0 aliphatic carbocycles. The number of rotatable bonds is 2. The molecule has 1 aliphatic rings. The summed E-state index contributed by atoms with van der Waals surface area (Å²) in [5, 5.41) is 5.92. The summed E-state index contributed by atoms with van der Waals surface area (Å²) >= 11 is 6.64. The quantitative estimate of drug-likeness (QED) is 0.724. The van der Waals surface area contributed by atoms with Crippen LogP contribution in [-0.4, -0.2) is 28.9 Å². The van der Waals surface area contributed by atoms with Gasteiger partial charge in [0.1, 0.15) is 0 Å². The molecule has 7 heteroatoms. The predicted octanol–water partition coefficient (Wildman–Crippen LogP) is 4.16. The van der Waals surface area contributed by atoms with Crippen LogP contribution >= 0.6 is 24.0 Å². The molecule has 1 atom stereocenters. The summed E-state index contributed by atoms with van der Waals surface area (Å²) < 4.78 is 7.84. The van der Waals surface area contributed by atoms with E-state index in [1.54, 1.807) is 0 Å². The Kier molecular flexibility index (Phi) is 4.75. The van der Waals surface area contributed by atoms with Crippen LogP contribution in [0.1, 0.15) is 23.4 Å². The van der Waals surface area contributed by atoms with E-state index in [1.807, 2.05) is 6.92 Å². The molecule has 0 saturated carbocycles. The summed E-state index contributed by atoms with van der Waals surface area (Å²) in [5.41, 5.74) is 11.1. The number of hydrogen-bond donors (Lipinski definition) is 1. The highest BCUT2D eigenvalue weighted by Crippen LogP contribution is 2.40. The minimum absolute atomic E-state index is 0. The second-order valence-corrected chi connectivity index (χ2v) is 7.06. The molecular weight excluding hydrogens is 359 g/mol. The van der Waals surface area contributed by atoms with Gasteiger partial charge in [-0.25, -0.2) is 0 Å². The number of nitrogens with zero attached hydrogens (tertiary/aromatic N) is 3. The van der Waals surface area contributed by atoms with Crippen LogP contribution in [-0.2, 0) is 0 Å². The molecule has 1 saturated heterocycles. The fourth-order valence-electron chi connectivity index (χ4n) is 3.58. The topological polar surface area (TPSA) is 60.2 Å². The summed E-state index contributed by atoms with van der Waals surface area (Å²) in [5.74, 6) is 0.753. The van der Waals surface area contributed by atoms with Gasteiger partial charge in [-0.1, -0.05) is 16.8 Å². The molecule has 134 valence electrons. The van der Waals surface area contributed by atoms with Gasteiger partial charge in [-0.05, 0) is 51.0 Å². The van der Waals surface area contributed by atoms with Gasteiger partial charge in [0.25, 0.3) is 0 Å². The molecule has 3 aromatic rings. The third kappa shape index (κ3) is 2.80. The first kappa shape index (κ1) is 18.1. The fourth-order valence-corrected chi connectivity index (χ4v) is 3.81. The first-order chi connectivity index (χ1) is 11.5. The number of aromatic nitrogens is 2. The molecule has 0 radical (unpaired) electrons. The number of benzene rings is 1. The standard InChI is InChI=1S/C18H21ClN4O.ClH/c1-10-8-14(22-7-6-13(20)9-22)17-15(16(10)19)18(21-24-17)23-11(2)4-5-12(23)3;/h4-5,8,13H,6-7,9,20H2,1-3H3;1H/t13-;/m1./s1. The molecule has 0 amide bonds. The Balaban J connectivity index is 0.00000182. The zero-order chi connectivity index (χ0) is 17.0. The summed E-state index contributed by atoms with van der Waals surface area (Å²) in [7, 11) is 0. The number of hydrogen-bond acceptors (Lipinski definition) is 4. The van der Waals surface area contributed by atoms with Crippen molar-refractivity contribution in [1.82, 2.24) is 9.72 Å². The van der Waals surface area contributed by atoms with E-state index in [1.165, 1.54) is 0 Å². The van der Waals surface area contributed by atoms with Crippen LogP contribution < -0.4 is 10.6 Å². The van der Waals surface area contributed by atoms with Crippen LogP contribution in [0.15, 0.2) is 22.7 Å². The molecule has 0 unspecified atom stereocenters. The lowest BCUT2D eigenvalue weighted by Crippen LogP contribution is -2.26. The van der Waals surface area contributed by atoms with Gasteiger partial charge in [0.2, 0.25) is 0 Å². The van der Waals surface area contributed by atoms with Crippen LogP contribution in [0.4, 0.5) is 5.69 Å². The van der Waals surface area contributed by atoms with Crippen LogP contribution in [0, 0.1) is 20.8 Å². The van der Waals surface area contributed by atoms with Crippen LogP contribution in [0.25, 0.3) is 16.8 Å². The Labute approximate surface area is 158 Å². The highest BCUT2D eigenvalue weighted by Gasteiger charge is 2.26. The zero-order valence-electron chi connectivity index (χ0n) is 14.5. The molecule has 1 fully saturated rings. The molecule has 4 rings (SSSR count). The van der Waals surface area contributed by atoms with Gasteiger partial charge in [-0.3, -0.25) is 4.57 Å². The molecule has 3 heterocycles. The third-order valence-corrected chi connectivity index (χ3v) is 5.36. The van der Waals surface area contributed by atoms with Crippen LogP contribution in [0.5, 0.6) is 0 Å². The Morgan fingerprint density at radius 3 is 2.52 bits per heavy atom. The van der Waals surface area contributed by atoms with Gasteiger partial charge in [0.05, 0.1) is 16.1 Å². The van der Waals surface area contributed by atoms with Crippen LogP contribution in [0.2, 0.25) is 5.02 Å². The van der Waals surface area contributed by atoms with E-state index in [-0.39, 0.29) is 18.4 Å². The van der Waals surface area contributed by atoms with E-state index in [0.717, 1.165) is 58.9 Å². The monoisotopic (exact) mass is 380 g/mol. The highest BCUT2D eigenvalue weighted by atomic mass is 35.5. The average Bonchev–Trinajstić information content (AvgIpc) is 3.23. The molecule has 25 heavy (non-hydrogen) atoms. The van der Waals surface area contributed by atoms with Gasteiger partial charge < -0.3 is 15.2 Å². The van der Waals surface area contributed by atoms with Crippen molar-refractivity contribution in [2.24, 2.45) is 5.73 Å². The molecule has 2 N–H and O–H groups in total. The van der Waals surface area contributed by atoms with E-state index < -0.39 is 0 Å². The molecule has 5 nitrogen and oxygen atoms in total. The maximum Gasteiger partial charge on any atom is 0.193 e. The summed E-state index contributed by atoms with van der Waals surface area (Å²) in [6.45, 7) is 7.88. The van der Waals surface area contributed by atoms with E-state index >= 15 is 0 Å². The van der Waals surface area contributed by atoms with E-state index in [4.69, 9.17) is 21.9 Å². The Morgan fingerprint density at radius 1 is 1.24 bits per heavy atom. The molecule has 0 bridgehead atoms. The van der Waals surface area contributed by atoms with Gasteiger partial charge in [0.15, 0.2) is 11.4 Å². The lowest BCUT2D eigenvalue weighted by molar-refractivity contribution is 0.451. The minimum Gasteiger partial charge on any atom is -0.367 e. The largest absolute Gasteiger partial charge is 0.367 e. The minimum atomic E-state index is 0. The third-order valence-electron chi connectivity index (χ3n) is 4.87. The van der Waals surface area contributed by atoms with E-state index in [2.05, 4.69) is 46.7 Å². The Morgan fingerprint density at radius 2 is 1.92 bits per heavy atom. The Hall–Kier alpha value is -1.69. The number of anilines is 1. The average molecular weight is 381 g/mol. The fraction of sp³-hybridized carbons (Fsp3) is 0.389. The summed E-state index contributed by atoms with van der Waals surface area (Å²) in [4.78, 5) is 2.26. The predicted molar refractivity (Wildman–Crippen MR) is 105 cm³/mol. The summed E-state index contributed by atoms with van der Waals surface area (Å²) in [6.07, 6.45) is 0.986. The first-order valence-corrected chi connectivity index (χ1v) is 8.59. The van der Waals surface area contributed by atoms with Crippen molar-refractivity contribution in [1.29, 1.82) is 0 Å². The number of nitrogens with two attached hydrogens (primary N) is 1. The van der Waals surface area contributed by atoms with Crippen molar-refractivity contribution in [2.45, 2.75) is 33.2 Å². The summed E-state index contributed by atoms with van der Waals surface area (Å²) in [6, 6.07) is 6.42. The van der Waals surface area contributed by atoms with E-state index in [0.29, 0.717) is 5.02 Å². The number of aryl methyl sites for hydroxylation is 3. The first-order valence-electron chi connectivity index (χ1n) is 8.21. The van der Waals surface area contributed by atoms with Crippen molar-refractivity contribution in [3.8, 4) is 5.82 Å². The van der Waals surface area contributed by atoms with Crippen molar-refractivity contribution in [3.05, 3.63) is 40.2 Å². The molecule has 1 aliphatic heterocycles. The molecule has 2 aromatic heterocycles. The maximum absolute atomic E-state index is 6.64.